The van der Waals surface area contributed by atoms with Gasteiger partial charge in [-0.3, -0.25) is 14.5 Å². The van der Waals surface area contributed by atoms with Crippen molar-refractivity contribution in [2.45, 2.75) is 119 Å². The number of aryl methyl sites for hydroxylation is 1. The van der Waals surface area contributed by atoms with Crippen LogP contribution in [0.1, 0.15) is 99.5 Å². The maximum atomic E-state index is 13.8. The number of nitrogens with one attached hydrogen (secondary N) is 1. The quantitative estimate of drug-likeness (QED) is 0.214. The molecule has 7 heteroatoms. The smallest absolute Gasteiger partial charge is 0.330 e. The van der Waals surface area contributed by atoms with Gasteiger partial charge in [0, 0.05) is 31.3 Å². The van der Waals surface area contributed by atoms with E-state index in [1.807, 2.05) is 19.1 Å². The molecule has 1 aromatic rings. The number of hydrogen-bond donors (Lipinski definition) is 2. The van der Waals surface area contributed by atoms with E-state index in [-0.39, 0.29) is 11.6 Å². The number of piperidine rings is 1. The molecule has 0 bridgehead atoms. The SMILES string of the molecule is CCOC1CCC(C)(N2CCC(Nc3cc(C)ccc3OC(=O)C(C(=O)O)(C(C)(C)C)C(C)(C)C)CC2)CC1. The van der Waals surface area contributed by atoms with Crippen LogP contribution in [0.25, 0.3) is 0 Å². The lowest BCUT2D eigenvalue weighted by atomic mass is 9.54. The molecule has 220 valence electrons. The number of carbonyl (C=O) groups is 2. The average Bonchev–Trinajstić information content (AvgIpc) is 2.81. The minimum absolute atomic E-state index is 0.225. The Bertz CT molecular complexity index is 992. The fourth-order valence-corrected chi connectivity index (χ4v) is 7.20. The Morgan fingerprint density at radius 2 is 1.59 bits per heavy atom. The zero-order valence-corrected chi connectivity index (χ0v) is 25.8. The molecule has 39 heavy (non-hydrogen) atoms. The summed E-state index contributed by atoms with van der Waals surface area (Å²) < 4.78 is 11.8. The number of esters is 1. The molecule has 0 unspecified atom stereocenters. The lowest BCUT2D eigenvalue weighted by Crippen LogP contribution is -2.59. The third-order valence-electron chi connectivity index (χ3n) is 9.24. The van der Waals surface area contributed by atoms with Gasteiger partial charge in [-0.2, -0.15) is 0 Å². The van der Waals surface area contributed by atoms with Crippen LogP contribution in [-0.2, 0) is 14.3 Å². The number of benzene rings is 1. The number of likely N-dealkylation sites (tertiary alicyclic amines) is 1. The largest absolute Gasteiger partial charge is 0.480 e. The number of anilines is 1. The number of carbonyl (C=O) groups excluding carboxylic acids is 1. The minimum atomic E-state index is -1.73. The van der Waals surface area contributed by atoms with Crippen molar-refractivity contribution in [1.82, 2.24) is 4.90 Å². The first kappa shape index (κ1) is 31.4. The van der Waals surface area contributed by atoms with E-state index in [4.69, 9.17) is 9.47 Å². The van der Waals surface area contributed by atoms with E-state index in [0.717, 1.165) is 56.6 Å². The lowest BCUT2D eigenvalue weighted by Gasteiger charge is -2.48. The monoisotopic (exact) mass is 544 g/mol. The molecule has 2 aliphatic rings. The minimum Gasteiger partial charge on any atom is -0.480 e. The average molecular weight is 545 g/mol. The molecule has 2 fully saturated rings. The van der Waals surface area contributed by atoms with Crippen molar-refractivity contribution < 1.29 is 24.2 Å². The van der Waals surface area contributed by atoms with E-state index in [1.54, 1.807) is 47.6 Å². The normalized spacial score (nSPS) is 23.9. The molecule has 1 saturated carbocycles. The Hall–Kier alpha value is -2.12. The number of aliphatic carboxylic acids is 1. The molecular weight excluding hydrogens is 492 g/mol. The molecule has 1 aliphatic heterocycles. The van der Waals surface area contributed by atoms with E-state index < -0.39 is 28.2 Å². The summed E-state index contributed by atoms with van der Waals surface area (Å²) in [7, 11) is 0. The van der Waals surface area contributed by atoms with Crippen LogP contribution in [0.4, 0.5) is 5.69 Å². The van der Waals surface area contributed by atoms with Gasteiger partial charge in [0.1, 0.15) is 0 Å². The van der Waals surface area contributed by atoms with Crippen LogP contribution in [0.3, 0.4) is 0 Å². The molecule has 1 aliphatic carbocycles. The molecule has 2 N–H and O–H groups in total. The molecule has 0 radical (unpaired) electrons. The highest BCUT2D eigenvalue weighted by Crippen LogP contribution is 2.53. The molecule has 0 atom stereocenters. The molecule has 1 heterocycles. The third kappa shape index (κ3) is 6.45. The molecule has 1 aromatic carbocycles. The van der Waals surface area contributed by atoms with Crippen molar-refractivity contribution in [3.63, 3.8) is 0 Å². The molecule has 0 amide bonds. The summed E-state index contributed by atoms with van der Waals surface area (Å²) in [6.07, 6.45) is 6.98. The summed E-state index contributed by atoms with van der Waals surface area (Å²) in [5, 5.41) is 14.0. The van der Waals surface area contributed by atoms with Gasteiger partial charge in [0.25, 0.3) is 0 Å². The first-order chi connectivity index (χ1) is 18.0. The van der Waals surface area contributed by atoms with Crippen molar-refractivity contribution >= 4 is 17.6 Å². The Morgan fingerprint density at radius 1 is 1.03 bits per heavy atom. The second-order valence-corrected chi connectivity index (χ2v) is 14.0. The summed E-state index contributed by atoms with van der Waals surface area (Å²) in [6, 6.07) is 5.91. The summed E-state index contributed by atoms with van der Waals surface area (Å²) in [5.74, 6) is -1.51. The van der Waals surface area contributed by atoms with Gasteiger partial charge >= 0.3 is 11.9 Å². The molecule has 0 aromatic heterocycles. The second kappa shape index (κ2) is 11.8. The van der Waals surface area contributed by atoms with Crippen LogP contribution in [0.5, 0.6) is 5.75 Å². The number of carboxylic acids is 1. The van der Waals surface area contributed by atoms with Gasteiger partial charge in [0.05, 0.1) is 11.8 Å². The third-order valence-corrected chi connectivity index (χ3v) is 9.24. The summed E-state index contributed by atoms with van der Waals surface area (Å²) in [6.45, 7) is 20.1. The molecule has 3 rings (SSSR count). The molecule has 1 saturated heterocycles. The zero-order chi connectivity index (χ0) is 29.2. The highest BCUT2D eigenvalue weighted by atomic mass is 16.5. The summed E-state index contributed by atoms with van der Waals surface area (Å²) in [5.41, 5.74) is -1.45. The number of nitrogens with zero attached hydrogens (tertiary/aromatic N) is 1. The van der Waals surface area contributed by atoms with Crippen molar-refractivity contribution in [3.8, 4) is 5.75 Å². The molecular formula is C32H52N2O5. The standard InChI is InChI=1S/C32H52N2O5/c1-10-38-24-13-17-31(9,18-14-24)34-19-15-23(16-20-34)33-25-21-22(2)11-12-26(25)39-28(37)32(27(35)36,29(3,4)5)30(6,7)8/h11-12,21,23-24,33H,10,13-20H2,1-9H3,(H,35,36). The Morgan fingerprint density at radius 3 is 2.08 bits per heavy atom. The zero-order valence-electron chi connectivity index (χ0n) is 25.8. The van der Waals surface area contributed by atoms with Crippen molar-refractivity contribution in [3.05, 3.63) is 23.8 Å². The van der Waals surface area contributed by atoms with E-state index in [0.29, 0.717) is 11.9 Å². The number of hydrogen-bond acceptors (Lipinski definition) is 6. The van der Waals surface area contributed by atoms with E-state index in [9.17, 15) is 14.7 Å². The van der Waals surface area contributed by atoms with E-state index in [1.165, 1.54) is 12.8 Å². The predicted octanol–water partition coefficient (Wildman–Crippen LogP) is 6.68. The number of rotatable bonds is 8. The molecule has 0 spiro atoms. The first-order valence-electron chi connectivity index (χ1n) is 14.7. The number of carboxylic acid groups (broad SMARTS) is 1. The van der Waals surface area contributed by atoms with Crippen molar-refractivity contribution in [1.29, 1.82) is 0 Å². The van der Waals surface area contributed by atoms with Crippen LogP contribution in [0, 0.1) is 23.2 Å². The highest BCUT2D eigenvalue weighted by molar-refractivity contribution is 6.02. The predicted molar refractivity (Wildman–Crippen MR) is 156 cm³/mol. The van der Waals surface area contributed by atoms with Gasteiger partial charge in [-0.1, -0.05) is 47.6 Å². The number of ether oxygens (including phenoxy) is 2. The van der Waals surface area contributed by atoms with Crippen LogP contribution in [-0.4, -0.2) is 59.3 Å². The van der Waals surface area contributed by atoms with Crippen LogP contribution < -0.4 is 10.1 Å². The van der Waals surface area contributed by atoms with Crippen LogP contribution in [0.15, 0.2) is 18.2 Å². The van der Waals surface area contributed by atoms with E-state index >= 15 is 0 Å². The van der Waals surface area contributed by atoms with Crippen LogP contribution >= 0.6 is 0 Å². The first-order valence-corrected chi connectivity index (χ1v) is 14.7. The fourth-order valence-electron chi connectivity index (χ4n) is 7.20. The summed E-state index contributed by atoms with van der Waals surface area (Å²) >= 11 is 0. The van der Waals surface area contributed by atoms with Gasteiger partial charge in [-0.05, 0) is 87.8 Å². The second-order valence-electron chi connectivity index (χ2n) is 14.0. The Kier molecular flexibility index (Phi) is 9.48. The Balaban J connectivity index is 1.73. The van der Waals surface area contributed by atoms with Crippen LogP contribution in [0.2, 0.25) is 0 Å². The van der Waals surface area contributed by atoms with Gasteiger partial charge in [0.2, 0.25) is 0 Å². The highest BCUT2D eigenvalue weighted by Gasteiger charge is 2.63. The lowest BCUT2D eigenvalue weighted by molar-refractivity contribution is -0.184. The van der Waals surface area contributed by atoms with E-state index in [2.05, 4.69) is 24.1 Å². The maximum Gasteiger partial charge on any atom is 0.330 e. The van der Waals surface area contributed by atoms with Gasteiger partial charge in [0.15, 0.2) is 11.2 Å². The van der Waals surface area contributed by atoms with Crippen molar-refractivity contribution in [2.75, 3.05) is 25.0 Å². The van der Waals surface area contributed by atoms with Crippen molar-refractivity contribution in [2.24, 2.45) is 16.2 Å². The molecule has 7 nitrogen and oxygen atoms in total. The van der Waals surface area contributed by atoms with Gasteiger partial charge in [-0.25, -0.2) is 0 Å². The topological polar surface area (TPSA) is 88.1 Å². The maximum absolute atomic E-state index is 13.8. The summed E-state index contributed by atoms with van der Waals surface area (Å²) in [4.78, 5) is 29.1. The fraction of sp³-hybridized carbons (Fsp3) is 0.750. The van der Waals surface area contributed by atoms with Gasteiger partial charge < -0.3 is 19.9 Å². The van der Waals surface area contributed by atoms with Gasteiger partial charge in [-0.15, -0.1) is 0 Å². The Labute approximate surface area is 236 Å².